The lowest BCUT2D eigenvalue weighted by atomic mass is 10.1. The summed E-state index contributed by atoms with van der Waals surface area (Å²) in [7, 11) is 0. The van der Waals surface area contributed by atoms with Crippen LogP contribution in [-0.2, 0) is 17.8 Å². The maximum absolute atomic E-state index is 11.9. The Hall–Kier alpha value is -0.870. The quantitative estimate of drug-likeness (QED) is 0.861. The summed E-state index contributed by atoms with van der Waals surface area (Å²) >= 11 is 1.72. The number of carbonyl (C=O) groups excluding carboxylic acids is 1. The van der Waals surface area contributed by atoms with E-state index in [1.54, 1.807) is 11.3 Å². The van der Waals surface area contributed by atoms with Gasteiger partial charge in [-0.3, -0.25) is 4.79 Å². The van der Waals surface area contributed by atoms with Gasteiger partial charge in [-0.2, -0.15) is 0 Å². The van der Waals surface area contributed by atoms with Gasteiger partial charge in [-0.25, -0.2) is 0 Å². The fourth-order valence-electron chi connectivity index (χ4n) is 2.40. The highest BCUT2D eigenvalue weighted by molar-refractivity contribution is 7.10. The van der Waals surface area contributed by atoms with E-state index in [9.17, 15) is 4.79 Å². The molecule has 0 aliphatic heterocycles. The largest absolute Gasteiger partial charge is 0.351 e. The number of carbonyl (C=O) groups is 1. The minimum absolute atomic E-state index is 0.134. The standard InChI is InChI=1S/C13H20N2OS/c1-2-9-5-6-17-12(9)8-15-13(16)10-3-4-11(14)7-10/h5-6,10-11H,2-4,7-8,14H2,1H3,(H,15,16). The third-order valence-electron chi connectivity index (χ3n) is 3.49. The molecule has 0 aromatic carbocycles. The zero-order valence-corrected chi connectivity index (χ0v) is 11.1. The smallest absolute Gasteiger partial charge is 0.223 e. The highest BCUT2D eigenvalue weighted by atomic mass is 32.1. The maximum atomic E-state index is 11.9. The van der Waals surface area contributed by atoms with Crippen LogP contribution in [-0.4, -0.2) is 11.9 Å². The topological polar surface area (TPSA) is 55.1 Å². The average Bonchev–Trinajstić information content (AvgIpc) is 2.94. The van der Waals surface area contributed by atoms with Crippen LogP contribution in [0.2, 0.25) is 0 Å². The monoisotopic (exact) mass is 252 g/mol. The Bertz CT molecular complexity index is 389. The second-order valence-electron chi connectivity index (χ2n) is 4.71. The molecule has 4 heteroatoms. The van der Waals surface area contributed by atoms with E-state index in [0.29, 0.717) is 6.54 Å². The summed E-state index contributed by atoms with van der Waals surface area (Å²) in [5.41, 5.74) is 7.17. The Balaban J connectivity index is 1.84. The van der Waals surface area contributed by atoms with Crippen LogP contribution < -0.4 is 11.1 Å². The van der Waals surface area contributed by atoms with Gasteiger partial charge in [0.15, 0.2) is 0 Å². The molecule has 1 heterocycles. The third-order valence-corrected chi connectivity index (χ3v) is 4.45. The van der Waals surface area contributed by atoms with Crippen LogP contribution in [0, 0.1) is 5.92 Å². The van der Waals surface area contributed by atoms with Gasteiger partial charge < -0.3 is 11.1 Å². The molecular weight excluding hydrogens is 232 g/mol. The molecule has 1 aromatic heterocycles. The van der Waals surface area contributed by atoms with Crippen molar-refractivity contribution in [2.45, 2.75) is 45.2 Å². The number of aryl methyl sites for hydroxylation is 1. The lowest BCUT2D eigenvalue weighted by Gasteiger charge is -2.10. The molecule has 2 unspecified atom stereocenters. The summed E-state index contributed by atoms with van der Waals surface area (Å²) in [6.07, 6.45) is 3.80. The van der Waals surface area contributed by atoms with Crippen LogP contribution in [0.1, 0.15) is 36.6 Å². The van der Waals surface area contributed by atoms with Crippen LogP contribution in [0.3, 0.4) is 0 Å². The van der Waals surface area contributed by atoms with Gasteiger partial charge in [0.25, 0.3) is 0 Å². The lowest BCUT2D eigenvalue weighted by molar-refractivity contribution is -0.124. The molecule has 1 aliphatic carbocycles. The molecule has 2 rings (SSSR count). The molecule has 3 nitrogen and oxygen atoms in total. The molecule has 1 aromatic rings. The molecule has 1 saturated carbocycles. The summed E-state index contributed by atoms with van der Waals surface area (Å²) < 4.78 is 0. The summed E-state index contributed by atoms with van der Waals surface area (Å²) in [5, 5.41) is 5.13. The van der Waals surface area contributed by atoms with Crippen molar-refractivity contribution in [3.8, 4) is 0 Å². The van der Waals surface area contributed by atoms with Gasteiger partial charge in [0, 0.05) is 16.8 Å². The van der Waals surface area contributed by atoms with Crippen molar-refractivity contribution in [2.75, 3.05) is 0 Å². The number of thiophene rings is 1. The molecule has 17 heavy (non-hydrogen) atoms. The van der Waals surface area contributed by atoms with Crippen LogP contribution >= 0.6 is 11.3 Å². The first-order valence-corrected chi connectivity index (χ1v) is 7.17. The van der Waals surface area contributed by atoms with Crippen molar-refractivity contribution < 1.29 is 4.79 Å². The fourth-order valence-corrected chi connectivity index (χ4v) is 3.32. The predicted octanol–water partition coefficient (Wildman–Crippen LogP) is 2.05. The van der Waals surface area contributed by atoms with Crippen molar-refractivity contribution in [3.63, 3.8) is 0 Å². The Morgan fingerprint density at radius 2 is 2.41 bits per heavy atom. The molecule has 0 spiro atoms. The van der Waals surface area contributed by atoms with Gasteiger partial charge in [-0.15, -0.1) is 11.3 Å². The van der Waals surface area contributed by atoms with E-state index in [-0.39, 0.29) is 17.9 Å². The van der Waals surface area contributed by atoms with Gasteiger partial charge >= 0.3 is 0 Å². The third kappa shape index (κ3) is 3.07. The van der Waals surface area contributed by atoms with Gasteiger partial charge in [0.2, 0.25) is 5.91 Å². The van der Waals surface area contributed by atoms with Crippen molar-refractivity contribution in [1.82, 2.24) is 5.32 Å². The van der Waals surface area contributed by atoms with E-state index >= 15 is 0 Å². The normalized spacial score (nSPS) is 23.9. The SMILES string of the molecule is CCc1ccsc1CNC(=O)C1CCC(N)C1. The van der Waals surface area contributed by atoms with Crippen molar-refractivity contribution >= 4 is 17.2 Å². The molecule has 1 fully saturated rings. The zero-order valence-electron chi connectivity index (χ0n) is 10.2. The second kappa shape index (κ2) is 5.65. The van der Waals surface area contributed by atoms with Crippen LogP contribution in [0.5, 0.6) is 0 Å². The minimum atomic E-state index is 0.134. The molecule has 3 N–H and O–H groups in total. The van der Waals surface area contributed by atoms with E-state index in [4.69, 9.17) is 5.73 Å². The number of hydrogen-bond acceptors (Lipinski definition) is 3. The van der Waals surface area contributed by atoms with Crippen molar-refractivity contribution in [3.05, 3.63) is 21.9 Å². The summed E-state index contributed by atoms with van der Waals surface area (Å²) in [6.45, 7) is 2.81. The van der Waals surface area contributed by atoms with E-state index in [1.807, 2.05) is 0 Å². The molecular formula is C13H20N2OS. The van der Waals surface area contributed by atoms with E-state index in [0.717, 1.165) is 25.7 Å². The Morgan fingerprint density at radius 3 is 3.06 bits per heavy atom. The van der Waals surface area contributed by atoms with Gasteiger partial charge in [-0.1, -0.05) is 6.92 Å². The predicted molar refractivity (Wildman–Crippen MR) is 70.9 cm³/mol. The summed E-state index contributed by atoms with van der Waals surface area (Å²) in [5.74, 6) is 0.309. The fraction of sp³-hybridized carbons (Fsp3) is 0.615. The second-order valence-corrected chi connectivity index (χ2v) is 5.71. The Morgan fingerprint density at radius 1 is 1.59 bits per heavy atom. The average molecular weight is 252 g/mol. The molecule has 0 radical (unpaired) electrons. The molecule has 1 aliphatic rings. The first-order valence-electron chi connectivity index (χ1n) is 6.29. The first kappa shape index (κ1) is 12.6. The molecule has 0 bridgehead atoms. The van der Waals surface area contributed by atoms with Crippen LogP contribution in [0.4, 0.5) is 0 Å². The number of rotatable bonds is 4. The van der Waals surface area contributed by atoms with E-state index in [2.05, 4.69) is 23.7 Å². The van der Waals surface area contributed by atoms with Gasteiger partial charge in [0.1, 0.15) is 0 Å². The number of hydrogen-bond donors (Lipinski definition) is 2. The van der Waals surface area contributed by atoms with Crippen LogP contribution in [0.25, 0.3) is 0 Å². The Kier molecular flexibility index (Phi) is 4.18. The minimum Gasteiger partial charge on any atom is -0.351 e. The number of nitrogens with one attached hydrogen (secondary N) is 1. The highest BCUT2D eigenvalue weighted by Crippen LogP contribution is 2.24. The molecule has 94 valence electrons. The summed E-state index contributed by atoms with van der Waals surface area (Å²) in [6, 6.07) is 2.36. The zero-order chi connectivity index (χ0) is 12.3. The van der Waals surface area contributed by atoms with E-state index in [1.165, 1.54) is 10.4 Å². The van der Waals surface area contributed by atoms with Crippen LogP contribution in [0.15, 0.2) is 11.4 Å². The van der Waals surface area contributed by atoms with Gasteiger partial charge in [-0.05, 0) is 42.7 Å². The Labute approximate surface area is 106 Å². The first-order chi connectivity index (χ1) is 8.20. The summed E-state index contributed by atoms with van der Waals surface area (Å²) in [4.78, 5) is 13.2. The number of amides is 1. The maximum Gasteiger partial charge on any atom is 0.223 e. The van der Waals surface area contributed by atoms with Gasteiger partial charge in [0.05, 0.1) is 6.54 Å². The lowest BCUT2D eigenvalue weighted by Crippen LogP contribution is -2.29. The van der Waals surface area contributed by atoms with E-state index < -0.39 is 0 Å². The molecule has 2 atom stereocenters. The highest BCUT2D eigenvalue weighted by Gasteiger charge is 2.27. The van der Waals surface area contributed by atoms with Crippen molar-refractivity contribution in [1.29, 1.82) is 0 Å². The molecule has 0 saturated heterocycles. The number of nitrogens with two attached hydrogens (primary N) is 1. The van der Waals surface area contributed by atoms with Crippen molar-refractivity contribution in [2.24, 2.45) is 11.7 Å². The molecule has 1 amide bonds.